The van der Waals surface area contributed by atoms with E-state index in [1.165, 1.54) is 0 Å². The van der Waals surface area contributed by atoms with Crippen LogP contribution in [0.2, 0.25) is 0 Å². The summed E-state index contributed by atoms with van der Waals surface area (Å²) in [4.78, 5) is 4.55. The molecule has 3 nitrogen and oxygen atoms in total. The van der Waals surface area contributed by atoms with Crippen molar-refractivity contribution in [2.75, 3.05) is 6.54 Å². The molecule has 0 aliphatic carbocycles. The second-order valence-corrected chi connectivity index (χ2v) is 4.18. The molecular formula is C13H18N2O. The molecule has 0 saturated heterocycles. The Bertz CT molecular complexity index is 430. The van der Waals surface area contributed by atoms with Gasteiger partial charge in [-0.25, -0.2) is 4.98 Å². The fourth-order valence-corrected chi connectivity index (χ4v) is 2.03. The normalized spacial score (nSPS) is 12.2. The van der Waals surface area contributed by atoms with E-state index >= 15 is 0 Å². The first-order valence-electron chi connectivity index (χ1n) is 5.82. The summed E-state index contributed by atoms with van der Waals surface area (Å²) in [6.07, 6.45) is 1.90. The molecule has 0 radical (unpaired) electrons. The zero-order valence-corrected chi connectivity index (χ0v) is 9.86. The molecule has 3 heteroatoms. The molecule has 0 atom stereocenters. The highest BCUT2D eigenvalue weighted by Gasteiger charge is 2.32. The molecule has 0 bridgehead atoms. The second kappa shape index (κ2) is 4.26. The van der Waals surface area contributed by atoms with Gasteiger partial charge in [0.1, 0.15) is 5.52 Å². The predicted molar refractivity (Wildman–Crippen MR) is 65.3 cm³/mol. The third-order valence-electron chi connectivity index (χ3n) is 3.49. The van der Waals surface area contributed by atoms with Crippen molar-refractivity contribution in [2.24, 2.45) is 5.73 Å². The van der Waals surface area contributed by atoms with Crippen LogP contribution in [0, 0.1) is 0 Å². The van der Waals surface area contributed by atoms with Crippen molar-refractivity contribution in [3.8, 4) is 0 Å². The van der Waals surface area contributed by atoms with Crippen LogP contribution >= 0.6 is 0 Å². The highest BCUT2D eigenvalue weighted by molar-refractivity contribution is 5.72. The maximum Gasteiger partial charge on any atom is 0.202 e. The summed E-state index contributed by atoms with van der Waals surface area (Å²) in [6, 6.07) is 7.84. The van der Waals surface area contributed by atoms with E-state index in [-0.39, 0.29) is 5.41 Å². The number of nitrogens with zero attached hydrogens (tertiary/aromatic N) is 1. The molecule has 0 aliphatic rings. The van der Waals surface area contributed by atoms with Crippen molar-refractivity contribution in [1.82, 2.24) is 4.98 Å². The van der Waals surface area contributed by atoms with Crippen molar-refractivity contribution in [3.05, 3.63) is 30.2 Å². The molecule has 1 aromatic carbocycles. The van der Waals surface area contributed by atoms with Crippen LogP contribution in [-0.4, -0.2) is 11.5 Å². The van der Waals surface area contributed by atoms with Gasteiger partial charge in [-0.3, -0.25) is 0 Å². The van der Waals surface area contributed by atoms with Crippen molar-refractivity contribution in [3.63, 3.8) is 0 Å². The highest BCUT2D eigenvalue weighted by Crippen LogP contribution is 2.31. The first kappa shape index (κ1) is 11.1. The molecule has 2 N–H and O–H groups in total. The van der Waals surface area contributed by atoms with E-state index in [4.69, 9.17) is 10.2 Å². The van der Waals surface area contributed by atoms with E-state index in [0.29, 0.717) is 6.54 Å². The average molecular weight is 218 g/mol. The zero-order chi connectivity index (χ0) is 11.6. The van der Waals surface area contributed by atoms with Gasteiger partial charge >= 0.3 is 0 Å². The number of rotatable bonds is 4. The largest absolute Gasteiger partial charge is 0.440 e. The minimum Gasteiger partial charge on any atom is -0.440 e. The lowest BCUT2D eigenvalue weighted by Crippen LogP contribution is -2.34. The van der Waals surface area contributed by atoms with Crippen LogP contribution in [0.25, 0.3) is 11.1 Å². The quantitative estimate of drug-likeness (QED) is 0.858. The Hall–Kier alpha value is -1.35. The van der Waals surface area contributed by atoms with E-state index in [1.807, 2.05) is 24.3 Å². The van der Waals surface area contributed by atoms with Gasteiger partial charge in [-0.15, -0.1) is 0 Å². The van der Waals surface area contributed by atoms with Gasteiger partial charge in [-0.05, 0) is 25.0 Å². The number of aromatic nitrogens is 1. The summed E-state index contributed by atoms with van der Waals surface area (Å²) < 4.78 is 5.82. The predicted octanol–water partition coefficient (Wildman–Crippen LogP) is 2.84. The first-order chi connectivity index (χ1) is 7.75. The molecule has 0 unspecified atom stereocenters. The molecule has 0 spiro atoms. The molecule has 16 heavy (non-hydrogen) atoms. The number of hydrogen-bond donors (Lipinski definition) is 1. The summed E-state index contributed by atoms with van der Waals surface area (Å²) in [5, 5.41) is 0. The fraction of sp³-hybridized carbons (Fsp3) is 0.462. The average Bonchev–Trinajstić information content (AvgIpc) is 2.76. The topological polar surface area (TPSA) is 52.0 Å². The summed E-state index contributed by atoms with van der Waals surface area (Å²) in [6.45, 7) is 4.84. The zero-order valence-electron chi connectivity index (χ0n) is 9.86. The van der Waals surface area contributed by atoms with Crippen LogP contribution in [0.1, 0.15) is 32.6 Å². The van der Waals surface area contributed by atoms with Gasteiger partial charge in [0.15, 0.2) is 5.58 Å². The summed E-state index contributed by atoms with van der Waals surface area (Å²) in [5.41, 5.74) is 7.53. The van der Waals surface area contributed by atoms with Gasteiger partial charge in [0, 0.05) is 6.54 Å². The highest BCUT2D eigenvalue weighted by atomic mass is 16.3. The smallest absolute Gasteiger partial charge is 0.202 e. The Morgan fingerprint density at radius 1 is 1.25 bits per heavy atom. The van der Waals surface area contributed by atoms with Gasteiger partial charge in [0.05, 0.1) is 5.41 Å². The minimum atomic E-state index is -0.112. The van der Waals surface area contributed by atoms with Crippen molar-refractivity contribution in [2.45, 2.75) is 32.1 Å². The molecule has 0 saturated carbocycles. The van der Waals surface area contributed by atoms with Crippen molar-refractivity contribution in [1.29, 1.82) is 0 Å². The number of hydrogen-bond acceptors (Lipinski definition) is 3. The first-order valence-corrected chi connectivity index (χ1v) is 5.82. The number of benzene rings is 1. The third kappa shape index (κ3) is 1.61. The molecule has 0 amide bonds. The van der Waals surface area contributed by atoms with E-state index in [9.17, 15) is 0 Å². The summed E-state index contributed by atoms with van der Waals surface area (Å²) >= 11 is 0. The lowest BCUT2D eigenvalue weighted by molar-refractivity contribution is 0.316. The maximum absolute atomic E-state index is 5.88. The molecule has 1 aromatic heterocycles. The number of oxazole rings is 1. The van der Waals surface area contributed by atoms with Gasteiger partial charge in [0.25, 0.3) is 0 Å². The lowest BCUT2D eigenvalue weighted by Gasteiger charge is -2.25. The lowest BCUT2D eigenvalue weighted by atomic mass is 9.82. The molecule has 2 aromatic rings. The van der Waals surface area contributed by atoms with Crippen LogP contribution in [0.5, 0.6) is 0 Å². The number of para-hydroxylation sites is 2. The van der Waals surface area contributed by atoms with Crippen LogP contribution < -0.4 is 5.73 Å². The van der Waals surface area contributed by atoms with Gasteiger partial charge in [-0.1, -0.05) is 26.0 Å². The molecular weight excluding hydrogens is 200 g/mol. The third-order valence-corrected chi connectivity index (χ3v) is 3.49. The number of fused-ring (bicyclic) bond motifs is 1. The molecule has 0 fully saturated rings. The van der Waals surface area contributed by atoms with E-state index in [1.54, 1.807) is 0 Å². The van der Waals surface area contributed by atoms with Crippen molar-refractivity contribution >= 4 is 11.1 Å². The van der Waals surface area contributed by atoms with Crippen molar-refractivity contribution < 1.29 is 4.42 Å². The fourth-order valence-electron chi connectivity index (χ4n) is 2.03. The van der Waals surface area contributed by atoms with E-state index < -0.39 is 0 Å². The second-order valence-electron chi connectivity index (χ2n) is 4.18. The number of nitrogens with two attached hydrogens (primary N) is 1. The molecule has 2 rings (SSSR count). The van der Waals surface area contributed by atoms with Crippen LogP contribution in [-0.2, 0) is 5.41 Å². The van der Waals surface area contributed by atoms with E-state index in [0.717, 1.165) is 29.8 Å². The SMILES string of the molecule is CCC(CC)(CN)c1nc2ccccc2o1. The monoisotopic (exact) mass is 218 g/mol. The molecule has 1 heterocycles. The van der Waals surface area contributed by atoms with Crippen LogP contribution in [0.4, 0.5) is 0 Å². The Labute approximate surface area is 95.7 Å². The minimum absolute atomic E-state index is 0.112. The Kier molecular flexibility index (Phi) is 2.97. The molecule has 0 aliphatic heterocycles. The molecule has 86 valence electrons. The maximum atomic E-state index is 5.88. The van der Waals surface area contributed by atoms with Gasteiger partial charge < -0.3 is 10.2 Å². The standard InChI is InChI=1S/C13H18N2O/c1-3-13(4-2,9-14)12-15-10-7-5-6-8-11(10)16-12/h5-8H,3-4,9,14H2,1-2H3. The summed E-state index contributed by atoms with van der Waals surface area (Å²) in [7, 11) is 0. The summed E-state index contributed by atoms with van der Waals surface area (Å²) in [5.74, 6) is 0.779. The van der Waals surface area contributed by atoms with Crippen LogP contribution in [0.3, 0.4) is 0 Å². The Morgan fingerprint density at radius 3 is 2.50 bits per heavy atom. The van der Waals surface area contributed by atoms with Gasteiger partial charge in [0.2, 0.25) is 5.89 Å². The Balaban J connectivity index is 2.53. The van der Waals surface area contributed by atoms with Crippen LogP contribution in [0.15, 0.2) is 28.7 Å². The Morgan fingerprint density at radius 2 is 1.94 bits per heavy atom. The van der Waals surface area contributed by atoms with Gasteiger partial charge in [-0.2, -0.15) is 0 Å². The van der Waals surface area contributed by atoms with E-state index in [2.05, 4.69) is 18.8 Å².